The number of benzene rings is 1. The topological polar surface area (TPSA) is 58.6 Å². The Morgan fingerprint density at radius 3 is 3.05 bits per heavy atom. The van der Waals surface area contributed by atoms with Gasteiger partial charge in [0.25, 0.3) is 0 Å². The fourth-order valence-corrected chi connectivity index (χ4v) is 2.91. The lowest BCUT2D eigenvalue weighted by Gasteiger charge is -2.33. The Kier molecular flexibility index (Phi) is 3.30. The van der Waals surface area contributed by atoms with Gasteiger partial charge in [-0.15, -0.1) is 0 Å². The van der Waals surface area contributed by atoms with Crippen LogP contribution in [0.2, 0.25) is 5.02 Å². The van der Waals surface area contributed by atoms with E-state index in [9.17, 15) is 9.59 Å². The van der Waals surface area contributed by atoms with E-state index in [1.54, 1.807) is 17.9 Å². The molecule has 2 amide bonds. The molecule has 0 aromatic heterocycles. The van der Waals surface area contributed by atoms with Crippen LogP contribution in [0.15, 0.2) is 12.1 Å². The van der Waals surface area contributed by atoms with Gasteiger partial charge in [-0.2, -0.15) is 0 Å². The van der Waals surface area contributed by atoms with Crippen LogP contribution >= 0.6 is 11.6 Å². The zero-order valence-electron chi connectivity index (χ0n) is 11.1. The third kappa shape index (κ3) is 2.22. The summed E-state index contributed by atoms with van der Waals surface area (Å²) in [4.78, 5) is 25.2. The number of carbonyl (C=O) groups excluding carboxylic acids is 2. The van der Waals surface area contributed by atoms with E-state index in [0.29, 0.717) is 18.2 Å². The number of piperazine rings is 1. The molecule has 1 saturated heterocycles. The molecule has 0 spiro atoms. The fraction of sp³-hybridized carbons (Fsp3) is 0.429. The average Bonchev–Trinajstić information content (AvgIpc) is 2.87. The van der Waals surface area contributed by atoms with E-state index in [0.717, 1.165) is 23.3 Å². The third-order valence-corrected chi connectivity index (χ3v) is 3.97. The second-order valence-electron chi connectivity index (χ2n) is 5.07. The van der Waals surface area contributed by atoms with Crippen LogP contribution in [0, 0.1) is 0 Å². The Morgan fingerprint density at radius 2 is 2.25 bits per heavy atom. The highest BCUT2D eigenvalue weighted by molar-refractivity contribution is 6.30. The van der Waals surface area contributed by atoms with Crippen molar-refractivity contribution in [1.29, 1.82) is 0 Å². The van der Waals surface area contributed by atoms with Crippen LogP contribution < -0.4 is 10.1 Å². The lowest BCUT2D eigenvalue weighted by Crippen LogP contribution is -2.56. The number of hydrogen-bond acceptors (Lipinski definition) is 3. The summed E-state index contributed by atoms with van der Waals surface area (Å²) >= 11 is 6.11. The number of amides is 2. The number of ether oxygens (including phenoxy) is 1. The van der Waals surface area contributed by atoms with E-state index in [1.807, 2.05) is 6.07 Å². The Balaban J connectivity index is 1.91. The van der Waals surface area contributed by atoms with Crippen molar-refractivity contribution < 1.29 is 14.3 Å². The molecule has 1 N–H and O–H groups in total. The van der Waals surface area contributed by atoms with Crippen molar-refractivity contribution >= 4 is 23.4 Å². The van der Waals surface area contributed by atoms with Crippen molar-refractivity contribution in [3.63, 3.8) is 0 Å². The van der Waals surface area contributed by atoms with Gasteiger partial charge in [0.2, 0.25) is 11.8 Å². The van der Waals surface area contributed by atoms with Gasteiger partial charge >= 0.3 is 0 Å². The summed E-state index contributed by atoms with van der Waals surface area (Å²) in [5, 5.41) is 3.20. The molecule has 0 aliphatic carbocycles. The molecule has 0 saturated carbocycles. The van der Waals surface area contributed by atoms with Gasteiger partial charge in [-0.1, -0.05) is 11.6 Å². The highest BCUT2D eigenvalue weighted by Gasteiger charge is 2.32. The quantitative estimate of drug-likeness (QED) is 0.889. The van der Waals surface area contributed by atoms with Gasteiger partial charge < -0.3 is 15.0 Å². The van der Waals surface area contributed by atoms with Crippen LogP contribution in [-0.4, -0.2) is 35.9 Å². The highest BCUT2D eigenvalue weighted by Crippen LogP contribution is 2.34. The minimum Gasteiger partial charge on any atom is -0.493 e. The number of carbonyl (C=O) groups is 2. The minimum atomic E-state index is -0.479. The normalized spacial score (nSPS) is 21.5. The second kappa shape index (κ2) is 4.98. The number of nitrogens with one attached hydrogen (secondary N) is 1. The van der Waals surface area contributed by atoms with Crippen molar-refractivity contribution in [3.8, 4) is 5.75 Å². The van der Waals surface area contributed by atoms with Gasteiger partial charge in [0, 0.05) is 17.0 Å². The molecule has 2 heterocycles. The van der Waals surface area contributed by atoms with Crippen LogP contribution in [0.25, 0.3) is 0 Å². The number of halogens is 1. The van der Waals surface area contributed by atoms with Crippen molar-refractivity contribution in [3.05, 3.63) is 28.3 Å². The van der Waals surface area contributed by atoms with Crippen LogP contribution in [0.4, 0.5) is 0 Å². The number of fused-ring (bicyclic) bond motifs is 1. The first-order valence-electron chi connectivity index (χ1n) is 6.57. The van der Waals surface area contributed by atoms with Crippen LogP contribution in [0.3, 0.4) is 0 Å². The first-order valence-corrected chi connectivity index (χ1v) is 6.95. The van der Waals surface area contributed by atoms with Gasteiger partial charge in [0.15, 0.2) is 0 Å². The Bertz CT molecular complexity index is 588. The summed E-state index contributed by atoms with van der Waals surface area (Å²) in [5.41, 5.74) is 1.92. The summed E-state index contributed by atoms with van der Waals surface area (Å²) in [6, 6.07) is 3.21. The van der Waals surface area contributed by atoms with E-state index in [-0.39, 0.29) is 18.4 Å². The van der Waals surface area contributed by atoms with Crippen LogP contribution in [0.1, 0.15) is 18.1 Å². The smallest absolute Gasteiger partial charge is 0.242 e. The van der Waals surface area contributed by atoms with E-state index >= 15 is 0 Å². The molecule has 2 aliphatic rings. The van der Waals surface area contributed by atoms with Crippen molar-refractivity contribution in [2.45, 2.75) is 25.9 Å². The maximum atomic E-state index is 12.0. The van der Waals surface area contributed by atoms with E-state index in [2.05, 4.69) is 5.32 Å². The second-order valence-corrected chi connectivity index (χ2v) is 5.50. The minimum absolute atomic E-state index is 0.0484. The summed E-state index contributed by atoms with van der Waals surface area (Å²) in [6.07, 6.45) is 0.826. The fourth-order valence-electron chi connectivity index (χ4n) is 2.64. The van der Waals surface area contributed by atoms with Gasteiger partial charge in [0.05, 0.1) is 19.7 Å². The number of nitrogens with zero attached hydrogens (tertiary/aromatic N) is 1. The summed E-state index contributed by atoms with van der Waals surface area (Å²) < 4.78 is 5.63. The standard InChI is InChI=1S/C14H15ClN2O3/c1-8-14(19)16-6-12(18)17(8)7-10-5-11(15)4-9-2-3-20-13(9)10/h4-5,8H,2-3,6-7H2,1H3,(H,16,19). The van der Waals surface area contributed by atoms with E-state index in [1.165, 1.54) is 0 Å². The molecule has 5 nitrogen and oxygen atoms in total. The number of hydrogen-bond donors (Lipinski definition) is 1. The summed E-state index contributed by atoms with van der Waals surface area (Å²) in [5.74, 6) is 0.577. The monoisotopic (exact) mass is 294 g/mol. The molecule has 1 fully saturated rings. The van der Waals surface area contributed by atoms with Crippen LogP contribution in [0.5, 0.6) is 5.75 Å². The molecule has 20 heavy (non-hydrogen) atoms. The molecule has 6 heteroatoms. The molecule has 2 aliphatic heterocycles. The molecule has 0 radical (unpaired) electrons. The van der Waals surface area contributed by atoms with Crippen molar-refractivity contribution in [1.82, 2.24) is 10.2 Å². The van der Waals surface area contributed by atoms with E-state index < -0.39 is 6.04 Å². The Labute approximate surface area is 121 Å². The third-order valence-electron chi connectivity index (χ3n) is 3.75. The molecular formula is C14H15ClN2O3. The molecule has 1 atom stereocenters. The van der Waals surface area contributed by atoms with Gasteiger partial charge in [-0.05, 0) is 24.6 Å². The molecule has 1 aromatic rings. The summed E-state index contributed by atoms with van der Waals surface area (Å²) in [7, 11) is 0. The van der Waals surface area contributed by atoms with Crippen molar-refractivity contribution in [2.75, 3.05) is 13.2 Å². The van der Waals surface area contributed by atoms with Crippen LogP contribution in [-0.2, 0) is 22.6 Å². The predicted octanol–water partition coefficient (Wildman–Crippen LogP) is 1.12. The molecule has 1 aromatic carbocycles. The predicted molar refractivity (Wildman–Crippen MR) is 73.7 cm³/mol. The van der Waals surface area contributed by atoms with E-state index in [4.69, 9.17) is 16.3 Å². The maximum Gasteiger partial charge on any atom is 0.242 e. The highest BCUT2D eigenvalue weighted by atomic mass is 35.5. The molecule has 106 valence electrons. The lowest BCUT2D eigenvalue weighted by molar-refractivity contribution is -0.145. The van der Waals surface area contributed by atoms with Gasteiger partial charge in [0.1, 0.15) is 11.8 Å². The molecular weight excluding hydrogens is 280 g/mol. The zero-order chi connectivity index (χ0) is 14.3. The zero-order valence-corrected chi connectivity index (χ0v) is 11.9. The first kappa shape index (κ1) is 13.2. The van der Waals surface area contributed by atoms with Gasteiger partial charge in [-0.3, -0.25) is 9.59 Å². The molecule has 1 unspecified atom stereocenters. The average molecular weight is 295 g/mol. The molecule has 0 bridgehead atoms. The molecule has 3 rings (SSSR count). The Hall–Kier alpha value is -1.75. The number of rotatable bonds is 2. The van der Waals surface area contributed by atoms with Gasteiger partial charge in [-0.25, -0.2) is 0 Å². The largest absolute Gasteiger partial charge is 0.493 e. The van der Waals surface area contributed by atoms with Crippen molar-refractivity contribution in [2.24, 2.45) is 0 Å². The maximum absolute atomic E-state index is 12.0. The first-order chi connectivity index (χ1) is 9.56. The SMILES string of the molecule is CC1C(=O)NCC(=O)N1Cc1cc(Cl)cc2c1OCC2. The summed E-state index contributed by atoms with van der Waals surface area (Å²) in [6.45, 7) is 2.74. The lowest BCUT2D eigenvalue weighted by atomic mass is 10.1. The Morgan fingerprint density at radius 1 is 1.45 bits per heavy atom.